The number of ether oxygens (including phenoxy) is 1. The minimum absolute atomic E-state index is 0.139. The zero-order valence-corrected chi connectivity index (χ0v) is 14.2. The molecule has 4 nitrogen and oxygen atoms in total. The van der Waals surface area contributed by atoms with Crippen molar-refractivity contribution >= 4 is 11.8 Å². The number of aryl methyl sites for hydroxylation is 1. The molecule has 1 heterocycles. The second-order valence-electron chi connectivity index (χ2n) is 6.42. The summed E-state index contributed by atoms with van der Waals surface area (Å²) < 4.78 is 5.94. The number of carboxylic acids is 1. The summed E-state index contributed by atoms with van der Waals surface area (Å²) in [5.41, 5.74) is 4.42. The van der Waals surface area contributed by atoms with E-state index in [0.717, 1.165) is 22.6 Å². The van der Waals surface area contributed by atoms with Gasteiger partial charge in [-0.25, -0.2) is 4.79 Å². The van der Waals surface area contributed by atoms with Crippen molar-refractivity contribution < 1.29 is 19.4 Å². The van der Waals surface area contributed by atoms with Crippen molar-refractivity contribution in [2.45, 2.75) is 13.3 Å². The molecule has 128 valence electrons. The fourth-order valence-electron chi connectivity index (χ4n) is 3.16. The number of carbonyl (C=O) groups is 2. The smallest absolute Gasteiger partial charge is 0.335 e. The Hall–Kier alpha value is -3.40. The molecule has 3 aromatic rings. The van der Waals surface area contributed by atoms with Crippen molar-refractivity contribution in [2.75, 3.05) is 0 Å². The summed E-state index contributed by atoms with van der Waals surface area (Å²) >= 11 is 0. The molecule has 0 amide bonds. The van der Waals surface area contributed by atoms with Gasteiger partial charge in [-0.3, -0.25) is 4.79 Å². The van der Waals surface area contributed by atoms with Gasteiger partial charge in [0.1, 0.15) is 11.5 Å². The van der Waals surface area contributed by atoms with Crippen LogP contribution in [0, 0.1) is 6.92 Å². The minimum atomic E-state index is -1.01. The molecule has 0 fully saturated rings. The third-order valence-electron chi connectivity index (χ3n) is 4.53. The van der Waals surface area contributed by atoms with E-state index in [0.29, 0.717) is 17.5 Å². The lowest BCUT2D eigenvalue weighted by atomic mass is 9.94. The van der Waals surface area contributed by atoms with Gasteiger partial charge in [0.2, 0.25) is 0 Å². The third kappa shape index (κ3) is 2.86. The van der Waals surface area contributed by atoms with Gasteiger partial charge in [0.15, 0.2) is 5.78 Å². The van der Waals surface area contributed by atoms with Crippen LogP contribution in [0.2, 0.25) is 0 Å². The maximum atomic E-state index is 12.7. The molecular formula is C22H16O4. The van der Waals surface area contributed by atoms with Crippen LogP contribution in [-0.4, -0.2) is 16.9 Å². The van der Waals surface area contributed by atoms with Crippen molar-refractivity contribution in [2.24, 2.45) is 0 Å². The molecule has 26 heavy (non-hydrogen) atoms. The van der Waals surface area contributed by atoms with Crippen LogP contribution in [0.25, 0.3) is 0 Å². The highest BCUT2D eigenvalue weighted by Crippen LogP contribution is 2.37. The Kier molecular flexibility index (Phi) is 3.81. The van der Waals surface area contributed by atoms with Crippen LogP contribution in [0.15, 0.2) is 60.7 Å². The number of carbonyl (C=O) groups excluding carboxylic acids is 1. The van der Waals surface area contributed by atoms with Crippen molar-refractivity contribution in [1.29, 1.82) is 0 Å². The van der Waals surface area contributed by atoms with E-state index in [1.54, 1.807) is 18.2 Å². The van der Waals surface area contributed by atoms with Gasteiger partial charge in [-0.1, -0.05) is 29.8 Å². The van der Waals surface area contributed by atoms with Crippen LogP contribution in [-0.2, 0) is 6.42 Å². The fourth-order valence-corrected chi connectivity index (χ4v) is 3.16. The molecule has 0 radical (unpaired) electrons. The summed E-state index contributed by atoms with van der Waals surface area (Å²) in [5, 5.41) is 8.96. The molecule has 0 atom stereocenters. The van der Waals surface area contributed by atoms with Crippen LogP contribution in [0.4, 0.5) is 0 Å². The summed E-state index contributed by atoms with van der Waals surface area (Å²) in [4.78, 5) is 23.7. The fraction of sp³-hybridized carbons (Fsp3) is 0.0909. The predicted molar refractivity (Wildman–Crippen MR) is 97.3 cm³/mol. The SMILES string of the molecule is Cc1ccc2c(c1)Cc1cc(C(=O)c3ccc(C(=O)O)cc3)ccc1O2. The van der Waals surface area contributed by atoms with Gasteiger partial charge in [0, 0.05) is 23.1 Å². The summed E-state index contributed by atoms with van der Waals surface area (Å²) in [6.45, 7) is 2.04. The number of carboxylic acid groups (broad SMARTS) is 1. The van der Waals surface area contributed by atoms with Crippen LogP contribution in [0.1, 0.15) is 43.0 Å². The zero-order chi connectivity index (χ0) is 18.3. The average Bonchev–Trinajstić information content (AvgIpc) is 2.65. The molecule has 0 aliphatic carbocycles. The first-order chi connectivity index (χ1) is 12.5. The number of hydrogen-bond acceptors (Lipinski definition) is 3. The first-order valence-corrected chi connectivity index (χ1v) is 8.29. The molecule has 4 rings (SSSR count). The van der Waals surface area contributed by atoms with Gasteiger partial charge in [-0.15, -0.1) is 0 Å². The van der Waals surface area contributed by atoms with E-state index in [1.165, 1.54) is 17.7 Å². The Morgan fingerprint density at radius 1 is 0.808 bits per heavy atom. The van der Waals surface area contributed by atoms with Crippen LogP contribution in [0.3, 0.4) is 0 Å². The number of hydrogen-bond donors (Lipinski definition) is 1. The second kappa shape index (κ2) is 6.15. The number of benzene rings is 3. The Bertz CT molecular complexity index is 1030. The van der Waals surface area contributed by atoms with Gasteiger partial charge in [-0.05, 0) is 48.9 Å². The molecule has 0 unspecified atom stereocenters. The first-order valence-electron chi connectivity index (χ1n) is 8.29. The van der Waals surface area contributed by atoms with Gasteiger partial charge in [0.05, 0.1) is 5.56 Å². The maximum absolute atomic E-state index is 12.7. The Balaban J connectivity index is 1.64. The predicted octanol–water partition coefficient (Wildman–Crippen LogP) is 4.62. The van der Waals surface area contributed by atoms with Crippen molar-refractivity contribution in [3.05, 3.63) is 94.0 Å². The Morgan fingerprint density at radius 2 is 1.38 bits per heavy atom. The van der Waals surface area contributed by atoms with Gasteiger partial charge < -0.3 is 9.84 Å². The molecular weight excluding hydrogens is 328 g/mol. The highest BCUT2D eigenvalue weighted by Gasteiger charge is 2.19. The standard InChI is InChI=1S/C22H16O4/c1-13-2-8-19-17(10-13)12-18-11-16(7-9-20(18)26-19)21(23)14-3-5-15(6-4-14)22(24)25/h2-11H,12H2,1H3,(H,24,25). The van der Waals surface area contributed by atoms with E-state index >= 15 is 0 Å². The third-order valence-corrected chi connectivity index (χ3v) is 4.53. The molecule has 1 aliphatic rings. The Labute approximate surface area is 150 Å². The molecule has 0 bridgehead atoms. The zero-order valence-electron chi connectivity index (χ0n) is 14.2. The van der Waals surface area contributed by atoms with E-state index in [4.69, 9.17) is 9.84 Å². The van der Waals surface area contributed by atoms with E-state index in [-0.39, 0.29) is 11.3 Å². The van der Waals surface area contributed by atoms with Gasteiger partial charge in [-0.2, -0.15) is 0 Å². The molecule has 0 spiro atoms. The molecule has 4 heteroatoms. The van der Waals surface area contributed by atoms with Gasteiger partial charge in [0.25, 0.3) is 0 Å². The molecule has 3 aromatic carbocycles. The summed E-state index contributed by atoms with van der Waals surface area (Å²) in [5.74, 6) is 0.467. The molecule has 1 aliphatic heterocycles. The second-order valence-corrected chi connectivity index (χ2v) is 6.42. The van der Waals surface area contributed by atoms with E-state index in [1.807, 2.05) is 31.2 Å². The number of fused-ring (bicyclic) bond motifs is 2. The number of rotatable bonds is 3. The monoisotopic (exact) mass is 344 g/mol. The number of ketones is 1. The molecule has 1 N–H and O–H groups in total. The lowest BCUT2D eigenvalue weighted by molar-refractivity contribution is 0.0696. The van der Waals surface area contributed by atoms with Crippen molar-refractivity contribution in [1.82, 2.24) is 0 Å². The van der Waals surface area contributed by atoms with Crippen LogP contribution >= 0.6 is 0 Å². The molecule has 0 saturated carbocycles. The lowest BCUT2D eigenvalue weighted by Gasteiger charge is -2.21. The van der Waals surface area contributed by atoms with Gasteiger partial charge >= 0.3 is 5.97 Å². The normalized spacial score (nSPS) is 11.9. The average molecular weight is 344 g/mol. The highest BCUT2D eigenvalue weighted by atomic mass is 16.5. The summed E-state index contributed by atoms with van der Waals surface area (Å²) in [7, 11) is 0. The van der Waals surface area contributed by atoms with Crippen molar-refractivity contribution in [3.63, 3.8) is 0 Å². The quantitative estimate of drug-likeness (QED) is 0.551. The van der Waals surface area contributed by atoms with E-state index in [2.05, 4.69) is 6.07 Å². The van der Waals surface area contributed by atoms with E-state index < -0.39 is 5.97 Å². The lowest BCUT2D eigenvalue weighted by Crippen LogP contribution is -2.07. The first kappa shape index (κ1) is 16.1. The summed E-state index contributed by atoms with van der Waals surface area (Å²) in [6, 6.07) is 17.5. The number of aromatic carboxylic acids is 1. The topological polar surface area (TPSA) is 63.6 Å². The van der Waals surface area contributed by atoms with Crippen LogP contribution < -0.4 is 4.74 Å². The van der Waals surface area contributed by atoms with Crippen molar-refractivity contribution in [3.8, 4) is 11.5 Å². The maximum Gasteiger partial charge on any atom is 0.335 e. The summed E-state index contributed by atoms with van der Waals surface area (Å²) in [6.07, 6.45) is 0.714. The highest BCUT2D eigenvalue weighted by molar-refractivity contribution is 6.09. The van der Waals surface area contributed by atoms with Crippen LogP contribution in [0.5, 0.6) is 11.5 Å². The largest absolute Gasteiger partial charge is 0.478 e. The molecule has 0 saturated heterocycles. The Morgan fingerprint density at radius 3 is 2.08 bits per heavy atom. The van der Waals surface area contributed by atoms with E-state index in [9.17, 15) is 9.59 Å². The minimum Gasteiger partial charge on any atom is -0.478 e. The molecule has 0 aromatic heterocycles.